The summed E-state index contributed by atoms with van der Waals surface area (Å²) < 4.78 is 63.8. The fourth-order valence-corrected chi connectivity index (χ4v) is 4.15. The zero-order valence-corrected chi connectivity index (χ0v) is 21.9. The maximum Gasteiger partial charge on any atom is 0.346 e. The van der Waals surface area contributed by atoms with E-state index in [0.717, 1.165) is 25.3 Å². The quantitative estimate of drug-likeness (QED) is 0.203. The highest BCUT2D eigenvalue weighted by Gasteiger charge is 2.27. The average molecular weight is 537 g/mol. The van der Waals surface area contributed by atoms with Crippen molar-refractivity contribution in [2.75, 3.05) is 13.2 Å². The first-order valence-electron chi connectivity index (χ1n) is 13.2. The normalized spacial score (nSPS) is 17.9. The summed E-state index contributed by atoms with van der Waals surface area (Å²) in [5.41, 5.74) is -0.532. The van der Waals surface area contributed by atoms with Crippen LogP contribution in [-0.4, -0.2) is 37.4 Å². The van der Waals surface area contributed by atoms with Gasteiger partial charge in [0.1, 0.15) is 17.6 Å². The van der Waals surface area contributed by atoms with Crippen LogP contribution in [0.2, 0.25) is 0 Å². The lowest BCUT2D eigenvalue weighted by Gasteiger charge is -2.28. The van der Waals surface area contributed by atoms with Crippen LogP contribution < -0.4 is 14.2 Å². The second kappa shape index (κ2) is 14.6. The molecule has 0 unspecified atom stereocenters. The number of halogens is 3. The molecule has 38 heavy (non-hydrogen) atoms. The van der Waals surface area contributed by atoms with Gasteiger partial charge in [-0.2, -0.15) is 4.39 Å². The lowest BCUT2D eigenvalue weighted by molar-refractivity contribution is -0.157. The van der Waals surface area contributed by atoms with E-state index >= 15 is 0 Å². The minimum Gasteiger partial charge on any atom is -0.493 e. The van der Waals surface area contributed by atoms with Crippen LogP contribution in [0.1, 0.15) is 75.6 Å². The van der Waals surface area contributed by atoms with Crippen LogP contribution >= 0.6 is 0 Å². The summed E-state index contributed by atoms with van der Waals surface area (Å²) in [5, 5.41) is 0. The summed E-state index contributed by atoms with van der Waals surface area (Å²) in [6, 6.07) is 8.56. The minimum absolute atomic E-state index is 0.154. The molecule has 1 aliphatic rings. The summed E-state index contributed by atoms with van der Waals surface area (Å²) in [5.74, 6) is -3.62. The molecule has 208 valence electrons. The van der Waals surface area contributed by atoms with Gasteiger partial charge in [0.05, 0.1) is 18.8 Å². The van der Waals surface area contributed by atoms with Crippen molar-refractivity contribution in [1.29, 1.82) is 0 Å². The second-order valence-corrected chi connectivity index (χ2v) is 9.45. The van der Waals surface area contributed by atoms with E-state index < -0.39 is 35.3 Å². The van der Waals surface area contributed by atoms with Crippen LogP contribution in [0.25, 0.3) is 0 Å². The number of esters is 2. The first kappa shape index (κ1) is 29.3. The van der Waals surface area contributed by atoms with Crippen molar-refractivity contribution in [2.45, 2.75) is 77.5 Å². The number of rotatable bonds is 13. The molecule has 0 aliphatic heterocycles. The van der Waals surface area contributed by atoms with Crippen molar-refractivity contribution in [3.8, 4) is 17.2 Å². The number of unbranched alkanes of at least 4 members (excludes halogenated alkanes) is 1. The lowest BCUT2D eigenvalue weighted by Crippen LogP contribution is -2.30. The van der Waals surface area contributed by atoms with Gasteiger partial charge in [0.15, 0.2) is 17.7 Å². The maximum absolute atomic E-state index is 14.3. The Morgan fingerprint density at radius 3 is 2.24 bits per heavy atom. The smallest absolute Gasteiger partial charge is 0.346 e. The van der Waals surface area contributed by atoms with Crippen molar-refractivity contribution in [3.05, 3.63) is 53.6 Å². The highest BCUT2D eigenvalue weighted by Crippen LogP contribution is 2.29. The maximum atomic E-state index is 14.3. The Kier molecular flexibility index (Phi) is 11.3. The lowest BCUT2D eigenvalue weighted by atomic mass is 9.88. The Morgan fingerprint density at radius 2 is 1.58 bits per heavy atom. The van der Waals surface area contributed by atoms with Crippen LogP contribution in [0.15, 0.2) is 36.4 Å². The summed E-state index contributed by atoms with van der Waals surface area (Å²) in [4.78, 5) is 24.2. The Balaban J connectivity index is 1.43. The molecule has 6 nitrogen and oxygen atoms in total. The van der Waals surface area contributed by atoms with Gasteiger partial charge in [-0.15, -0.1) is 0 Å². The van der Waals surface area contributed by atoms with E-state index in [9.17, 15) is 22.8 Å². The van der Waals surface area contributed by atoms with Gasteiger partial charge in [-0.3, -0.25) is 0 Å². The molecule has 0 N–H and O–H groups in total. The fourth-order valence-electron chi connectivity index (χ4n) is 4.15. The summed E-state index contributed by atoms with van der Waals surface area (Å²) in [6.45, 7) is 4.47. The van der Waals surface area contributed by atoms with Crippen LogP contribution in [0.5, 0.6) is 17.2 Å². The number of ether oxygens (including phenoxy) is 4. The number of carbonyl (C=O) groups excluding carboxylic acids is 2. The second-order valence-electron chi connectivity index (χ2n) is 9.45. The molecule has 3 rings (SSSR count). The molecule has 2 aromatic rings. The third kappa shape index (κ3) is 8.39. The van der Waals surface area contributed by atoms with Crippen molar-refractivity contribution >= 4 is 11.9 Å². The number of alkyl halides is 1. The molecule has 0 aromatic heterocycles. The first-order valence-corrected chi connectivity index (χ1v) is 13.2. The molecule has 0 saturated heterocycles. The molecular weight excluding hydrogens is 501 g/mol. The highest BCUT2D eigenvalue weighted by molar-refractivity contribution is 5.91. The van der Waals surface area contributed by atoms with E-state index in [4.69, 9.17) is 18.9 Å². The predicted molar refractivity (Wildman–Crippen MR) is 135 cm³/mol. The zero-order valence-electron chi connectivity index (χ0n) is 21.9. The molecule has 0 spiro atoms. The zero-order chi connectivity index (χ0) is 27.5. The fraction of sp³-hybridized carbons (Fsp3) is 0.517. The Labute approximate surface area is 221 Å². The molecule has 0 bridgehead atoms. The molecule has 1 aliphatic carbocycles. The number of carbonyl (C=O) groups is 2. The minimum atomic E-state index is -1.55. The van der Waals surface area contributed by atoms with Gasteiger partial charge in [-0.1, -0.05) is 26.7 Å². The van der Waals surface area contributed by atoms with Crippen LogP contribution in [0.4, 0.5) is 13.2 Å². The van der Waals surface area contributed by atoms with Crippen molar-refractivity contribution in [1.82, 2.24) is 0 Å². The van der Waals surface area contributed by atoms with Crippen LogP contribution in [0.3, 0.4) is 0 Å². The summed E-state index contributed by atoms with van der Waals surface area (Å²) in [6.07, 6.45) is 3.43. The SMILES string of the molecule is CCCC[C@H](F)C(=O)OC1CCC(COc2ccc(OC(=O)c3ccc(OCCC)c(F)c3F)cc2)CC1. The number of hydrogen-bond acceptors (Lipinski definition) is 6. The van der Waals surface area contributed by atoms with E-state index in [2.05, 4.69) is 0 Å². The molecule has 0 heterocycles. The van der Waals surface area contributed by atoms with Crippen LogP contribution in [-0.2, 0) is 9.53 Å². The van der Waals surface area contributed by atoms with Gasteiger partial charge in [-0.25, -0.2) is 18.4 Å². The largest absolute Gasteiger partial charge is 0.493 e. The van der Waals surface area contributed by atoms with Gasteiger partial charge >= 0.3 is 11.9 Å². The molecule has 9 heteroatoms. The summed E-state index contributed by atoms with van der Waals surface area (Å²) in [7, 11) is 0. The number of hydrogen-bond donors (Lipinski definition) is 0. The van der Waals surface area contributed by atoms with Gasteiger partial charge in [0, 0.05) is 0 Å². The van der Waals surface area contributed by atoms with Gasteiger partial charge < -0.3 is 18.9 Å². The van der Waals surface area contributed by atoms with Crippen molar-refractivity contribution < 1.29 is 41.7 Å². The molecule has 1 saturated carbocycles. The van der Waals surface area contributed by atoms with E-state index in [1.165, 1.54) is 18.2 Å². The third-order valence-corrected chi connectivity index (χ3v) is 6.39. The Morgan fingerprint density at radius 1 is 0.895 bits per heavy atom. The predicted octanol–water partition coefficient (Wildman–Crippen LogP) is 6.98. The van der Waals surface area contributed by atoms with Gasteiger partial charge in [0.2, 0.25) is 5.82 Å². The molecule has 1 fully saturated rings. The van der Waals surface area contributed by atoms with Gasteiger partial charge in [0.25, 0.3) is 0 Å². The monoisotopic (exact) mass is 536 g/mol. The van der Waals surface area contributed by atoms with Crippen molar-refractivity contribution in [3.63, 3.8) is 0 Å². The molecule has 2 aromatic carbocycles. The van der Waals surface area contributed by atoms with Gasteiger partial charge in [-0.05, 0) is 80.8 Å². The highest BCUT2D eigenvalue weighted by atomic mass is 19.2. The average Bonchev–Trinajstić information content (AvgIpc) is 2.92. The standard InChI is InChI=1S/C29H35F3O6/c1-3-5-6-24(30)29(34)38-21-9-7-19(8-10-21)18-36-20-11-13-22(14-12-20)37-28(33)23-15-16-25(35-17-4-2)27(32)26(23)31/h11-16,19,21,24H,3-10,17-18H2,1-2H3/t19?,21?,24-/m0/s1. The van der Waals surface area contributed by atoms with E-state index in [1.807, 2.05) is 13.8 Å². The summed E-state index contributed by atoms with van der Waals surface area (Å²) >= 11 is 0. The third-order valence-electron chi connectivity index (χ3n) is 6.39. The van der Waals surface area contributed by atoms with Crippen molar-refractivity contribution in [2.24, 2.45) is 5.92 Å². The van der Waals surface area contributed by atoms with E-state index in [1.54, 1.807) is 12.1 Å². The molecular formula is C29H35F3O6. The molecule has 0 amide bonds. The Bertz CT molecular complexity index is 1050. The van der Waals surface area contributed by atoms with E-state index in [-0.39, 0.29) is 36.5 Å². The Hall–Kier alpha value is -3.23. The molecule has 0 radical (unpaired) electrons. The first-order chi connectivity index (χ1) is 18.3. The molecule has 1 atom stereocenters. The van der Waals surface area contributed by atoms with E-state index in [0.29, 0.717) is 38.0 Å². The number of benzene rings is 2. The van der Waals surface area contributed by atoms with Crippen LogP contribution in [0, 0.1) is 17.6 Å². The topological polar surface area (TPSA) is 71.1 Å².